The molecule has 0 radical (unpaired) electrons. The lowest BCUT2D eigenvalue weighted by molar-refractivity contribution is -0.535. The molecule has 1 aliphatic rings. The molecule has 252 valence electrons. The maximum absolute atomic E-state index is 14.7. The summed E-state index contributed by atoms with van der Waals surface area (Å²) in [4.78, 5) is 12.5. The molecule has 15 heteroatoms. The van der Waals surface area contributed by atoms with Crippen molar-refractivity contribution in [2.45, 2.75) is 43.1 Å². The van der Waals surface area contributed by atoms with Gasteiger partial charge in [0.2, 0.25) is 0 Å². The first-order valence-corrected chi connectivity index (χ1v) is 17.5. The lowest BCUT2D eigenvalue weighted by Gasteiger charge is -2.53. The van der Waals surface area contributed by atoms with Crippen molar-refractivity contribution >= 4 is 41.2 Å². The lowest BCUT2D eigenvalue weighted by atomic mass is 9.76. The number of non-ortho nitro benzene ring substituents is 1. The molecule has 5 rings (SSSR count). The van der Waals surface area contributed by atoms with Crippen molar-refractivity contribution in [3.05, 3.63) is 113 Å². The zero-order chi connectivity index (χ0) is 35.0. The number of rotatable bonds is 12. The van der Waals surface area contributed by atoms with Crippen LogP contribution in [0.1, 0.15) is 6.92 Å². The summed E-state index contributed by atoms with van der Waals surface area (Å²) >= 11 is 0. The van der Waals surface area contributed by atoms with Crippen molar-refractivity contribution in [2.75, 3.05) is 18.0 Å². The van der Waals surface area contributed by atoms with Crippen molar-refractivity contribution < 1.29 is 41.1 Å². The van der Waals surface area contributed by atoms with Crippen LogP contribution in [0.2, 0.25) is 12.6 Å². The highest BCUT2D eigenvalue weighted by molar-refractivity contribution is 7.01. The van der Waals surface area contributed by atoms with Crippen LogP contribution < -0.4 is 20.0 Å². The SMILES string of the molecule is CCN(CC[Si](C)(c1ccccc1)c1ccc(OC2(F)C(O)(F)C(F)(F)C2(F)F)cc1)c1ccc(N=Nc2ccc([N+](=O)[O-])cc2)cc1. The molecular weight excluding hydrogens is 658 g/mol. The van der Waals surface area contributed by atoms with Crippen LogP contribution in [0.25, 0.3) is 0 Å². The largest absolute Gasteiger partial charge is 0.448 e. The van der Waals surface area contributed by atoms with Crippen molar-refractivity contribution in [1.29, 1.82) is 0 Å². The smallest absolute Gasteiger partial charge is 0.390 e. The second-order valence-electron chi connectivity index (χ2n) is 11.5. The molecule has 4 aromatic carbocycles. The summed E-state index contributed by atoms with van der Waals surface area (Å²) in [6, 6.07) is 28.5. The van der Waals surface area contributed by atoms with E-state index in [4.69, 9.17) is 0 Å². The molecule has 4 aromatic rings. The average Bonchev–Trinajstić information content (AvgIpc) is 3.08. The first-order valence-electron chi connectivity index (χ1n) is 14.8. The molecule has 1 saturated carbocycles. The molecule has 1 aliphatic carbocycles. The standard InChI is InChI=1S/C33H30F6N4O4Si/c1-3-42(25-13-9-23(10-14-25)40-41-24-11-15-26(16-12-24)43(45)46)21-22-48(2,28-7-5-4-6-8-28)29-19-17-27(18-20-29)47-33(39)31(36,37)30(34,35)32(33,38)44/h4-20,44H,3,21-22H2,1-2H3. The zero-order valence-electron chi connectivity index (χ0n) is 25.7. The Hall–Kier alpha value is -4.76. The Balaban J connectivity index is 1.32. The first-order chi connectivity index (χ1) is 22.6. The summed E-state index contributed by atoms with van der Waals surface area (Å²) in [5.41, 5.74) is 1.89. The van der Waals surface area contributed by atoms with Crippen LogP contribution in [0.4, 0.5) is 49.1 Å². The molecular formula is C33H30F6N4O4Si. The number of anilines is 1. The highest BCUT2D eigenvalue weighted by Crippen LogP contribution is 2.66. The second kappa shape index (κ2) is 12.7. The molecule has 0 saturated heterocycles. The lowest BCUT2D eigenvalue weighted by Crippen LogP contribution is -2.88. The summed E-state index contributed by atoms with van der Waals surface area (Å²) < 4.78 is 87.7. The van der Waals surface area contributed by atoms with E-state index in [1.807, 2.05) is 49.4 Å². The Morgan fingerprint density at radius 1 is 0.792 bits per heavy atom. The first kappa shape index (κ1) is 34.6. The van der Waals surface area contributed by atoms with Gasteiger partial charge in [-0.1, -0.05) is 59.4 Å². The van der Waals surface area contributed by atoms with Gasteiger partial charge >= 0.3 is 23.6 Å². The van der Waals surface area contributed by atoms with Gasteiger partial charge in [0.15, 0.2) is 0 Å². The summed E-state index contributed by atoms with van der Waals surface area (Å²) in [5.74, 6) is -22.1. The van der Waals surface area contributed by atoms with Gasteiger partial charge in [0.1, 0.15) is 13.8 Å². The Kier molecular flexibility index (Phi) is 9.14. The van der Waals surface area contributed by atoms with E-state index < -0.39 is 42.3 Å². The Morgan fingerprint density at radius 3 is 1.81 bits per heavy atom. The molecule has 0 bridgehead atoms. The minimum absolute atomic E-state index is 0.0482. The van der Waals surface area contributed by atoms with Crippen LogP contribution in [0, 0.1) is 10.1 Å². The van der Waals surface area contributed by atoms with E-state index in [1.165, 1.54) is 36.4 Å². The van der Waals surface area contributed by atoms with Crippen LogP contribution in [0.3, 0.4) is 0 Å². The minimum atomic E-state index is -5.67. The number of azo groups is 1. The topological polar surface area (TPSA) is 101 Å². The van der Waals surface area contributed by atoms with Gasteiger partial charge in [0.25, 0.3) is 5.69 Å². The van der Waals surface area contributed by atoms with Crippen molar-refractivity contribution in [1.82, 2.24) is 0 Å². The number of benzene rings is 4. The number of hydrogen-bond acceptors (Lipinski definition) is 7. The fourth-order valence-electron chi connectivity index (χ4n) is 5.52. The van der Waals surface area contributed by atoms with E-state index in [2.05, 4.69) is 26.4 Å². The van der Waals surface area contributed by atoms with Gasteiger partial charge in [-0.3, -0.25) is 10.1 Å². The molecule has 1 N–H and O–H groups in total. The quantitative estimate of drug-likeness (QED) is 0.0540. The summed E-state index contributed by atoms with van der Waals surface area (Å²) in [5, 5.41) is 30.2. The van der Waals surface area contributed by atoms with E-state index in [9.17, 15) is 41.6 Å². The third kappa shape index (κ3) is 5.81. The summed E-state index contributed by atoms with van der Waals surface area (Å²) in [7, 11) is -2.60. The normalized spacial score (nSPS) is 22.4. The molecule has 0 aromatic heterocycles. The van der Waals surface area contributed by atoms with Crippen LogP contribution in [0.5, 0.6) is 5.75 Å². The van der Waals surface area contributed by atoms with Crippen LogP contribution in [0.15, 0.2) is 113 Å². The number of nitrogens with zero attached hydrogens (tertiary/aromatic N) is 4. The minimum Gasteiger partial charge on any atom is -0.448 e. The van der Waals surface area contributed by atoms with Gasteiger partial charge in [-0.2, -0.15) is 36.6 Å². The van der Waals surface area contributed by atoms with Crippen LogP contribution >= 0.6 is 0 Å². The van der Waals surface area contributed by atoms with Gasteiger partial charge in [-0.05, 0) is 61.5 Å². The average molecular weight is 689 g/mol. The fourth-order valence-corrected chi connectivity index (χ4v) is 8.98. The Bertz CT molecular complexity index is 1760. The van der Waals surface area contributed by atoms with Gasteiger partial charge in [-0.25, -0.2) is 0 Å². The van der Waals surface area contributed by atoms with E-state index in [0.29, 0.717) is 30.5 Å². The van der Waals surface area contributed by atoms with Gasteiger partial charge in [0.05, 0.1) is 16.3 Å². The number of alkyl halides is 6. The number of aliphatic hydroxyl groups is 1. The fraction of sp³-hybridized carbons (Fsp3) is 0.273. The second-order valence-corrected chi connectivity index (χ2v) is 15.8. The summed E-state index contributed by atoms with van der Waals surface area (Å²) in [6.07, 6.45) is 0. The molecule has 0 aliphatic heterocycles. The van der Waals surface area contributed by atoms with Crippen LogP contribution in [-0.4, -0.2) is 54.7 Å². The monoisotopic (exact) mass is 688 g/mol. The summed E-state index contributed by atoms with van der Waals surface area (Å²) in [6.45, 7) is 5.33. The molecule has 1 fully saturated rings. The van der Waals surface area contributed by atoms with E-state index in [0.717, 1.165) is 28.2 Å². The van der Waals surface area contributed by atoms with Crippen molar-refractivity contribution in [3.8, 4) is 5.75 Å². The molecule has 8 nitrogen and oxygen atoms in total. The third-order valence-corrected chi connectivity index (χ3v) is 13.1. The molecule has 3 atom stereocenters. The van der Waals surface area contributed by atoms with E-state index in [-0.39, 0.29) is 5.69 Å². The number of nitro benzene ring substituents is 1. The van der Waals surface area contributed by atoms with Crippen LogP contribution in [-0.2, 0) is 0 Å². The molecule has 48 heavy (non-hydrogen) atoms. The number of ether oxygens (including phenoxy) is 1. The van der Waals surface area contributed by atoms with Gasteiger partial charge in [0, 0.05) is 30.9 Å². The Morgan fingerprint density at radius 2 is 1.31 bits per heavy atom. The Labute approximate surface area is 272 Å². The molecule has 0 spiro atoms. The number of halogens is 6. The zero-order valence-corrected chi connectivity index (χ0v) is 26.7. The van der Waals surface area contributed by atoms with E-state index >= 15 is 0 Å². The van der Waals surface area contributed by atoms with Gasteiger partial charge in [-0.15, -0.1) is 0 Å². The highest BCUT2D eigenvalue weighted by Gasteiger charge is 3.01. The highest BCUT2D eigenvalue weighted by atomic mass is 28.3. The maximum atomic E-state index is 14.7. The predicted octanol–water partition coefficient (Wildman–Crippen LogP) is 7.72. The molecule has 0 heterocycles. The number of hydrogen-bond donors (Lipinski definition) is 1. The molecule has 3 unspecified atom stereocenters. The van der Waals surface area contributed by atoms with Gasteiger partial charge < -0.3 is 14.7 Å². The number of nitro groups is 1. The van der Waals surface area contributed by atoms with Crippen molar-refractivity contribution in [2.24, 2.45) is 10.2 Å². The maximum Gasteiger partial charge on any atom is 0.390 e. The molecule has 0 amide bonds. The van der Waals surface area contributed by atoms with E-state index in [1.54, 1.807) is 12.1 Å². The predicted molar refractivity (Wildman–Crippen MR) is 171 cm³/mol. The third-order valence-electron chi connectivity index (χ3n) is 8.62. The van der Waals surface area contributed by atoms with Crippen molar-refractivity contribution in [3.63, 3.8) is 0 Å².